The zero-order chi connectivity index (χ0) is 17.4. The van der Waals surface area contributed by atoms with Crippen molar-refractivity contribution in [3.63, 3.8) is 0 Å². The van der Waals surface area contributed by atoms with Crippen LogP contribution < -0.4 is 10.6 Å². The van der Waals surface area contributed by atoms with Crippen molar-refractivity contribution in [2.75, 3.05) is 19.6 Å². The second kappa shape index (κ2) is 11.7. The van der Waals surface area contributed by atoms with E-state index in [0.717, 1.165) is 51.7 Å². The van der Waals surface area contributed by atoms with E-state index < -0.39 is 6.04 Å². The highest BCUT2D eigenvalue weighted by Crippen LogP contribution is 2.26. The van der Waals surface area contributed by atoms with Gasteiger partial charge < -0.3 is 15.5 Å². The van der Waals surface area contributed by atoms with E-state index in [1.807, 2.05) is 11.8 Å². The van der Waals surface area contributed by atoms with Gasteiger partial charge in [0.2, 0.25) is 11.8 Å². The summed E-state index contributed by atoms with van der Waals surface area (Å²) in [5, 5.41) is 6.31. The van der Waals surface area contributed by atoms with Gasteiger partial charge in [-0.25, -0.2) is 0 Å². The minimum absolute atomic E-state index is 0. The summed E-state index contributed by atoms with van der Waals surface area (Å²) in [6.07, 6.45) is 9.66. The lowest BCUT2D eigenvalue weighted by Crippen LogP contribution is -2.53. The molecule has 1 unspecified atom stereocenters. The molecule has 0 bridgehead atoms. The van der Waals surface area contributed by atoms with Gasteiger partial charge in [-0.2, -0.15) is 0 Å². The lowest BCUT2D eigenvalue weighted by atomic mass is 9.87. The Bertz CT molecular complexity index is 407. The Morgan fingerprint density at radius 2 is 1.76 bits per heavy atom. The number of hydrogen-bond donors (Lipinski definition) is 2. The molecule has 1 aliphatic carbocycles. The van der Waals surface area contributed by atoms with Gasteiger partial charge in [-0.15, -0.1) is 12.4 Å². The SMILES string of the molecule is CCCN(C(=O)C(C)NC(=O)CC1CCCCC1)C1CCNCC1.Cl. The summed E-state index contributed by atoms with van der Waals surface area (Å²) < 4.78 is 0. The molecule has 5 nitrogen and oxygen atoms in total. The van der Waals surface area contributed by atoms with Gasteiger partial charge in [-0.05, 0) is 58.0 Å². The molecular weight excluding hydrogens is 338 g/mol. The van der Waals surface area contributed by atoms with Crippen molar-refractivity contribution in [3.8, 4) is 0 Å². The minimum atomic E-state index is -0.414. The predicted octanol–water partition coefficient (Wildman–Crippen LogP) is 2.87. The number of halogens is 1. The second-order valence-electron chi connectivity index (χ2n) is 7.51. The Balaban J connectivity index is 0.00000312. The van der Waals surface area contributed by atoms with E-state index in [1.54, 1.807) is 0 Å². The molecule has 2 aliphatic rings. The number of piperidine rings is 1. The van der Waals surface area contributed by atoms with Crippen molar-refractivity contribution in [3.05, 3.63) is 0 Å². The second-order valence-corrected chi connectivity index (χ2v) is 7.51. The molecule has 2 N–H and O–H groups in total. The van der Waals surface area contributed by atoms with Crippen LogP contribution in [0.1, 0.15) is 71.6 Å². The standard InChI is InChI=1S/C19H35N3O2.ClH/c1-3-13-22(17-9-11-20-12-10-17)19(24)15(2)21-18(23)14-16-7-5-4-6-8-16;/h15-17,20H,3-14H2,1-2H3,(H,21,23);1H. The Hall–Kier alpha value is -0.810. The first-order valence-corrected chi connectivity index (χ1v) is 9.92. The van der Waals surface area contributed by atoms with Crippen molar-refractivity contribution in [1.29, 1.82) is 0 Å². The topological polar surface area (TPSA) is 61.4 Å². The van der Waals surface area contributed by atoms with Gasteiger partial charge in [-0.3, -0.25) is 9.59 Å². The smallest absolute Gasteiger partial charge is 0.245 e. The molecular formula is C19H36ClN3O2. The van der Waals surface area contributed by atoms with Crippen LogP contribution in [-0.2, 0) is 9.59 Å². The van der Waals surface area contributed by atoms with E-state index in [1.165, 1.54) is 19.3 Å². The normalized spacial score (nSPS) is 20.4. The predicted molar refractivity (Wildman–Crippen MR) is 104 cm³/mol. The van der Waals surface area contributed by atoms with Gasteiger partial charge in [0.25, 0.3) is 0 Å². The summed E-state index contributed by atoms with van der Waals surface area (Å²) in [5.74, 6) is 0.641. The zero-order valence-corrected chi connectivity index (χ0v) is 16.7. The molecule has 1 saturated heterocycles. The third kappa shape index (κ3) is 7.14. The molecule has 0 spiro atoms. The molecule has 1 aliphatic heterocycles. The molecule has 0 aromatic heterocycles. The number of carbonyl (C=O) groups is 2. The monoisotopic (exact) mass is 373 g/mol. The lowest BCUT2D eigenvalue weighted by Gasteiger charge is -2.36. The fourth-order valence-electron chi connectivity index (χ4n) is 4.10. The van der Waals surface area contributed by atoms with E-state index in [2.05, 4.69) is 17.6 Å². The van der Waals surface area contributed by atoms with Crippen LogP contribution in [0.2, 0.25) is 0 Å². The average Bonchev–Trinajstić information content (AvgIpc) is 2.60. The van der Waals surface area contributed by atoms with Gasteiger partial charge in [0.1, 0.15) is 6.04 Å². The average molecular weight is 374 g/mol. The quantitative estimate of drug-likeness (QED) is 0.721. The highest BCUT2D eigenvalue weighted by atomic mass is 35.5. The Labute approximate surface area is 159 Å². The highest BCUT2D eigenvalue weighted by Gasteiger charge is 2.29. The molecule has 0 aromatic carbocycles. The molecule has 0 aromatic rings. The van der Waals surface area contributed by atoms with Gasteiger partial charge in [0, 0.05) is 19.0 Å². The Kier molecular flexibility index (Phi) is 10.4. The number of rotatable bonds is 7. The molecule has 6 heteroatoms. The van der Waals surface area contributed by atoms with Crippen molar-refractivity contribution < 1.29 is 9.59 Å². The molecule has 1 saturated carbocycles. The van der Waals surface area contributed by atoms with Crippen LogP contribution in [0.3, 0.4) is 0 Å². The van der Waals surface area contributed by atoms with E-state index in [-0.39, 0.29) is 24.2 Å². The van der Waals surface area contributed by atoms with Gasteiger partial charge >= 0.3 is 0 Å². The molecule has 2 amide bonds. The van der Waals surface area contributed by atoms with Crippen LogP contribution in [0.5, 0.6) is 0 Å². The number of nitrogens with zero attached hydrogens (tertiary/aromatic N) is 1. The fourth-order valence-corrected chi connectivity index (χ4v) is 4.10. The van der Waals surface area contributed by atoms with Gasteiger partial charge in [0.05, 0.1) is 0 Å². The molecule has 2 fully saturated rings. The summed E-state index contributed by atoms with van der Waals surface area (Å²) in [6.45, 7) is 6.67. The van der Waals surface area contributed by atoms with E-state index in [9.17, 15) is 9.59 Å². The van der Waals surface area contributed by atoms with E-state index >= 15 is 0 Å². The first-order chi connectivity index (χ1) is 11.6. The Morgan fingerprint density at radius 3 is 2.36 bits per heavy atom. The number of amides is 2. The lowest BCUT2D eigenvalue weighted by molar-refractivity contribution is -0.138. The molecule has 1 atom stereocenters. The molecule has 25 heavy (non-hydrogen) atoms. The maximum Gasteiger partial charge on any atom is 0.245 e. The van der Waals surface area contributed by atoms with Crippen LogP contribution in [-0.4, -0.2) is 48.4 Å². The number of nitrogens with one attached hydrogen (secondary N) is 2. The van der Waals surface area contributed by atoms with E-state index in [0.29, 0.717) is 18.4 Å². The van der Waals surface area contributed by atoms with Crippen LogP contribution >= 0.6 is 12.4 Å². The maximum absolute atomic E-state index is 12.9. The highest BCUT2D eigenvalue weighted by molar-refractivity contribution is 5.87. The zero-order valence-electron chi connectivity index (χ0n) is 15.9. The summed E-state index contributed by atoms with van der Waals surface area (Å²) in [6, 6.07) is -0.0982. The molecule has 1 heterocycles. The number of hydrogen-bond acceptors (Lipinski definition) is 3. The number of carbonyl (C=O) groups excluding carboxylic acids is 2. The first kappa shape index (κ1) is 22.2. The van der Waals surface area contributed by atoms with Crippen molar-refractivity contribution in [2.24, 2.45) is 5.92 Å². The van der Waals surface area contributed by atoms with Crippen molar-refractivity contribution in [1.82, 2.24) is 15.5 Å². The van der Waals surface area contributed by atoms with Crippen LogP contribution in [0.4, 0.5) is 0 Å². The van der Waals surface area contributed by atoms with Gasteiger partial charge in [0.15, 0.2) is 0 Å². The van der Waals surface area contributed by atoms with Crippen molar-refractivity contribution >= 4 is 24.2 Å². The van der Waals surface area contributed by atoms with Crippen LogP contribution in [0.25, 0.3) is 0 Å². The summed E-state index contributed by atoms with van der Waals surface area (Å²) in [7, 11) is 0. The summed E-state index contributed by atoms with van der Waals surface area (Å²) >= 11 is 0. The molecule has 0 radical (unpaired) electrons. The van der Waals surface area contributed by atoms with Gasteiger partial charge in [-0.1, -0.05) is 26.2 Å². The molecule has 2 rings (SSSR count). The Morgan fingerprint density at radius 1 is 1.12 bits per heavy atom. The van der Waals surface area contributed by atoms with Crippen LogP contribution in [0, 0.1) is 5.92 Å². The van der Waals surface area contributed by atoms with Crippen LogP contribution in [0.15, 0.2) is 0 Å². The maximum atomic E-state index is 12.9. The fraction of sp³-hybridized carbons (Fsp3) is 0.895. The first-order valence-electron chi connectivity index (χ1n) is 9.92. The minimum Gasteiger partial charge on any atom is -0.345 e. The molecule has 146 valence electrons. The van der Waals surface area contributed by atoms with Crippen molar-refractivity contribution in [2.45, 2.75) is 83.7 Å². The third-order valence-corrected chi connectivity index (χ3v) is 5.44. The summed E-state index contributed by atoms with van der Waals surface area (Å²) in [4.78, 5) is 27.1. The third-order valence-electron chi connectivity index (χ3n) is 5.44. The largest absolute Gasteiger partial charge is 0.345 e. The van der Waals surface area contributed by atoms with E-state index in [4.69, 9.17) is 0 Å². The summed E-state index contributed by atoms with van der Waals surface area (Å²) in [5.41, 5.74) is 0.